The molecule has 0 spiro atoms. The van der Waals surface area contributed by atoms with Gasteiger partial charge in [0.2, 0.25) is 0 Å². The van der Waals surface area contributed by atoms with Crippen molar-refractivity contribution >= 4 is 0 Å². The largest absolute Gasteiger partial charge is 0.378 e. The molecule has 2 nitrogen and oxygen atoms in total. The minimum absolute atomic E-state index is 0.596. The molecule has 0 amide bonds. The summed E-state index contributed by atoms with van der Waals surface area (Å²) in [5.74, 6) is 0. The monoisotopic (exact) mass is 143 g/mol. The van der Waals surface area contributed by atoms with Crippen molar-refractivity contribution in [3.63, 3.8) is 0 Å². The molecule has 0 aliphatic carbocycles. The van der Waals surface area contributed by atoms with Crippen molar-refractivity contribution in [1.29, 1.82) is 0 Å². The summed E-state index contributed by atoms with van der Waals surface area (Å²) in [4.78, 5) is 0. The van der Waals surface area contributed by atoms with Gasteiger partial charge in [-0.3, -0.25) is 0 Å². The van der Waals surface area contributed by atoms with Crippen LogP contribution in [0.5, 0.6) is 0 Å². The first-order chi connectivity index (χ1) is 4.86. The molecule has 0 aromatic carbocycles. The molecule has 1 N–H and O–H groups in total. The normalized spacial score (nSPS) is 34.2. The van der Waals surface area contributed by atoms with Crippen LogP contribution in [0, 0.1) is 0 Å². The maximum Gasteiger partial charge on any atom is 0.0620 e. The lowest BCUT2D eigenvalue weighted by molar-refractivity contribution is 0.0434. The second-order valence-electron chi connectivity index (χ2n) is 2.91. The van der Waals surface area contributed by atoms with Crippen molar-refractivity contribution in [3.05, 3.63) is 0 Å². The summed E-state index contributed by atoms with van der Waals surface area (Å²) < 4.78 is 5.41. The fourth-order valence-electron chi connectivity index (χ4n) is 1.25. The zero-order valence-electron chi connectivity index (χ0n) is 6.89. The summed E-state index contributed by atoms with van der Waals surface area (Å²) in [6.07, 6.45) is 2.35. The molecule has 1 fully saturated rings. The molecule has 0 saturated carbocycles. The Bertz CT molecular complexity index is 85.3. The van der Waals surface area contributed by atoms with Gasteiger partial charge in [-0.2, -0.15) is 0 Å². The quantitative estimate of drug-likeness (QED) is 0.626. The number of nitrogens with one attached hydrogen (secondary N) is 1. The van der Waals surface area contributed by atoms with Crippen LogP contribution in [0.3, 0.4) is 0 Å². The van der Waals surface area contributed by atoms with Crippen molar-refractivity contribution in [3.8, 4) is 0 Å². The maximum absolute atomic E-state index is 5.41. The lowest BCUT2D eigenvalue weighted by Crippen LogP contribution is -2.48. The van der Waals surface area contributed by atoms with E-state index in [9.17, 15) is 0 Å². The molecular weight excluding hydrogens is 126 g/mol. The summed E-state index contributed by atoms with van der Waals surface area (Å²) in [7, 11) is 0. The SMILES string of the molecule is CCC1COCC(CC)N1. The van der Waals surface area contributed by atoms with E-state index >= 15 is 0 Å². The van der Waals surface area contributed by atoms with Crippen LogP contribution >= 0.6 is 0 Å². The third-order valence-electron chi connectivity index (χ3n) is 2.10. The van der Waals surface area contributed by atoms with Gasteiger partial charge in [0.05, 0.1) is 13.2 Å². The number of hydrogen-bond acceptors (Lipinski definition) is 2. The van der Waals surface area contributed by atoms with Crippen LogP contribution in [0.1, 0.15) is 26.7 Å². The maximum atomic E-state index is 5.41. The molecule has 60 valence electrons. The molecule has 2 heteroatoms. The number of hydrogen-bond donors (Lipinski definition) is 1. The Morgan fingerprint density at radius 3 is 2.10 bits per heavy atom. The Morgan fingerprint density at radius 1 is 1.20 bits per heavy atom. The van der Waals surface area contributed by atoms with E-state index in [-0.39, 0.29) is 0 Å². The Hall–Kier alpha value is -0.0800. The second kappa shape index (κ2) is 3.94. The van der Waals surface area contributed by atoms with Gasteiger partial charge >= 0.3 is 0 Å². The molecule has 0 aromatic rings. The van der Waals surface area contributed by atoms with Crippen LogP contribution in [0.25, 0.3) is 0 Å². The molecular formula is C8H17NO. The van der Waals surface area contributed by atoms with Gasteiger partial charge in [-0.25, -0.2) is 0 Å². The van der Waals surface area contributed by atoms with E-state index in [0.717, 1.165) is 13.2 Å². The lowest BCUT2D eigenvalue weighted by atomic mass is 10.1. The fourth-order valence-corrected chi connectivity index (χ4v) is 1.25. The molecule has 1 aliphatic rings. The van der Waals surface area contributed by atoms with E-state index in [1.165, 1.54) is 12.8 Å². The van der Waals surface area contributed by atoms with Gasteiger partial charge < -0.3 is 10.1 Å². The molecule has 0 radical (unpaired) electrons. The molecule has 0 aromatic heterocycles. The zero-order valence-corrected chi connectivity index (χ0v) is 6.89. The molecule has 2 atom stereocenters. The third-order valence-corrected chi connectivity index (χ3v) is 2.10. The van der Waals surface area contributed by atoms with Crippen molar-refractivity contribution in [2.45, 2.75) is 38.8 Å². The Labute approximate surface area is 63.0 Å². The van der Waals surface area contributed by atoms with Crippen LogP contribution < -0.4 is 5.32 Å². The average molecular weight is 143 g/mol. The van der Waals surface area contributed by atoms with E-state index in [0.29, 0.717) is 12.1 Å². The minimum Gasteiger partial charge on any atom is -0.378 e. The number of rotatable bonds is 2. The highest BCUT2D eigenvalue weighted by Crippen LogP contribution is 2.04. The van der Waals surface area contributed by atoms with E-state index in [4.69, 9.17) is 4.74 Å². The van der Waals surface area contributed by atoms with Crippen LogP contribution in [0.2, 0.25) is 0 Å². The van der Waals surface area contributed by atoms with Gasteiger partial charge in [0.25, 0.3) is 0 Å². The third kappa shape index (κ3) is 1.96. The fraction of sp³-hybridized carbons (Fsp3) is 1.00. The van der Waals surface area contributed by atoms with Crippen molar-refractivity contribution in [2.75, 3.05) is 13.2 Å². The van der Waals surface area contributed by atoms with Gasteiger partial charge in [-0.1, -0.05) is 13.8 Å². The van der Waals surface area contributed by atoms with E-state index in [2.05, 4.69) is 19.2 Å². The van der Waals surface area contributed by atoms with Crippen molar-refractivity contribution in [1.82, 2.24) is 5.32 Å². The van der Waals surface area contributed by atoms with Crippen LogP contribution in [-0.2, 0) is 4.74 Å². The molecule has 10 heavy (non-hydrogen) atoms. The summed E-state index contributed by atoms with van der Waals surface area (Å²) in [6.45, 7) is 6.18. The Kier molecular flexibility index (Phi) is 3.16. The van der Waals surface area contributed by atoms with Crippen molar-refractivity contribution in [2.24, 2.45) is 0 Å². The minimum atomic E-state index is 0.596. The smallest absolute Gasteiger partial charge is 0.0620 e. The first-order valence-corrected chi connectivity index (χ1v) is 4.20. The summed E-state index contributed by atoms with van der Waals surface area (Å²) in [5, 5.41) is 3.53. The standard InChI is InChI=1S/C8H17NO/c1-3-7-5-10-6-8(4-2)9-7/h7-9H,3-6H2,1-2H3. The molecule has 1 heterocycles. The van der Waals surface area contributed by atoms with Gasteiger partial charge in [0, 0.05) is 12.1 Å². The first-order valence-electron chi connectivity index (χ1n) is 4.20. The predicted octanol–water partition coefficient (Wildman–Crippen LogP) is 1.16. The van der Waals surface area contributed by atoms with Crippen LogP contribution in [-0.4, -0.2) is 25.3 Å². The van der Waals surface area contributed by atoms with Gasteiger partial charge in [-0.05, 0) is 12.8 Å². The van der Waals surface area contributed by atoms with Crippen molar-refractivity contribution < 1.29 is 4.74 Å². The molecule has 0 bridgehead atoms. The zero-order chi connectivity index (χ0) is 7.40. The molecule has 1 aliphatic heterocycles. The Morgan fingerprint density at radius 2 is 1.70 bits per heavy atom. The highest BCUT2D eigenvalue weighted by molar-refractivity contribution is 4.76. The van der Waals surface area contributed by atoms with E-state index in [1.54, 1.807) is 0 Å². The molecule has 2 unspecified atom stereocenters. The predicted molar refractivity (Wildman–Crippen MR) is 42.1 cm³/mol. The van der Waals surface area contributed by atoms with E-state index in [1.807, 2.05) is 0 Å². The first kappa shape index (κ1) is 8.02. The van der Waals surface area contributed by atoms with E-state index < -0.39 is 0 Å². The van der Waals surface area contributed by atoms with Crippen LogP contribution in [0.4, 0.5) is 0 Å². The van der Waals surface area contributed by atoms with Gasteiger partial charge in [0.1, 0.15) is 0 Å². The second-order valence-corrected chi connectivity index (χ2v) is 2.91. The van der Waals surface area contributed by atoms with Gasteiger partial charge in [0.15, 0.2) is 0 Å². The molecule has 1 saturated heterocycles. The highest BCUT2D eigenvalue weighted by atomic mass is 16.5. The summed E-state index contributed by atoms with van der Waals surface area (Å²) in [6, 6.07) is 1.19. The number of morpholine rings is 1. The van der Waals surface area contributed by atoms with Crippen LogP contribution in [0.15, 0.2) is 0 Å². The Balaban J connectivity index is 2.25. The summed E-state index contributed by atoms with van der Waals surface area (Å²) in [5.41, 5.74) is 0. The topological polar surface area (TPSA) is 21.3 Å². The highest BCUT2D eigenvalue weighted by Gasteiger charge is 2.17. The lowest BCUT2D eigenvalue weighted by Gasteiger charge is -2.29. The number of ether oxygens (including phenoxy) is 1. The molecule has 1 rings (SSSR count). The van der Waals surface area contributed by atoms with Gasteiger partial charge in [-0.15, -0.1) is 0 Å². The average Bonchev–Trinajstić information content (AvgIpc) is 2.05. The summed E-state index contributed by atoms with van der Waals surface area (Å²) >= 11 is 0.